The maximum absolute atomic E-state index is 9.09. The first-order chi connectivity index (χ1) is 11.2. The zero-order valence-electron chi connectivity index (χ0n) is 11.9. The van der Waals surface area contributed by atoms with Crippen LogP contribution in [0.5, 0.6) is 5.75 Å². The van der Waals surface area contributed by atoms with Crippen LogP contribution in [0.4, 0.5) is 17.1 Å². The molecule has 0 saturated carbocycles. The number of nitrogens with zero attached hydrogens (tertiary/aromatic N) is 3. The van der Waals surface area contributed by atoms with Gasteiger partial charge in [0.05, 0.1) is 16.4 Å². The average molecular weight is 333 g/mol. The summed E-state index contributed by atoms with van der Waals surface area (Å²) in [5, 5.41) is 17.6. The van der Waals surface area contributed by atoms with Crippen LogP contribution in [-0.4, -0.2) is 11.8 Å². The number of anilines is 1. The summed E-state index contributed by atoms with van der Waals surface area (Å²) < 4.78 is 0. The molecule has 3 N–H and O–H groups in total. The van der Waals surface area contributed by atoms with Gasteiger partial charge in [-0.05, 0) is 36.4 Å². The van der Waals surface area contributed by atoms with Crippen LogP contribution in [0.3, 0.4) is 0 Å². The molecule has 0 amide bonds. The molecule has 0 aliphatic carbocycles. The van der Waals surface area contributed by atoms with Crippen molar-refractivity contribution in [2.45, 2.75) is 0 Å². The lowest BCUT2D eigenvalue weighted by atomic mass is 10.3. The van der Waals surface area contributed by atoms with Gasteiger partial charge in [0.1, 0.15) is 12.4 Å². The van der Waals surface area contributed by atoms with E-state index in [1.165, 1.54) is 11.0 Å². The highest BCUT2D eigenvalue weighted by molar-refractivity contribution is 6.33. The number of aliphatic hydroxyl groups is 1. The molecule has 0 unspecified atom stereocenters. The number of halogens is 1. The Kier molecular flexibility index (Phi) is 5.91. The molecule has 7 nitrogen and oxygen atoms in total. The third kappa shape index (κ3) is 4.42. The number of benzene rings is 2. The van der Waals surface area contributed by atoms with Gasteiger partial charge >= 0.3 is 0 Å². The first-order valence-electron chi connectivity index (χ1n) is 6.37. The van der Waals surface area contributed by atoms with E-state index in [0.29, 0.717) is 27.8 Å². The second-order valence-electron chi connectivity index (χ2n) is 4.21. The minimum absolute atomic E-state index is 0.270. The van der Waals surface area contributed by atoms with E-state index >= 15 is 0 Å². The van der Waals surface area contributed by atoms with E-state index in [1.807, 2.05) is 0 Å². The lowest BCUT2D eigenvalue weighted by Crippen LogP contribution is -2.16. The van der Waals surface area contributed by atoms with Crippen molar-refractivity contribution in [3.05, 3.63) is 47.5 Å². The van der Waals surface area contributed by atoms with Crippen molar-refractivity contribution >= 4 is 28.7 Å². The number of nitrogens with two attached hydrogens (primary N) is 1. The summed E-state index contributed by atoms with van der Waals surface area (Å²) in [4.78, 5) is 10.0. The van der Waals surface area contributed by atoms with Gasteiger partial charge in [-0.25, -0.2) is 0 Å². The highest BCUT2D eigenvalue weighted by Gasteiger charge is 2.04. The summed E-state index contributed by atoms with van der Waals surface area (Å²) in [5.41, 5.74) is 1.74. The molecule has 118 valence electrons. The Hall–Kier alpha value is -2.63. The molecule has 0 aliphatic rings. The number of azo groups is 1. The topological polar surface area (TPSA) is 92.7 Å². The molecule has 23 heavy (non-hydrogen) atoms. The van der Waals surface area contributed by atoms with Gasteiger partial charge in [0.15, 0.2) is 5.75 Å². The van der Waals surface area contributed by atoms with Crippen molar-refractivity contribution in [1.29, 1.82) is 0 Å². The normalized spacial score (nSPS) is 10.5. The molecule has 0 aromatic heterocycles. The van der Waals surface area contributed by atoms with E-state index in [2.05, 4.69) is 26.1 Å². The maximum atomic E-state index is 9.09. The molecule has 2 rings (SSSR count). The van der Waals surface area contributed by atoms with Crippen molar-refractivity contribution in [3.8, 4) is 18.2 Å². The van der Waals surface area contributed by atoms with E-state index < -0.39 is 0 Å². The molecule has 0 spiro atoms. The zero-order chi connectivity index (χ0) is 16.7. The number of aliphatic hydroxyl groups excluding tert-OH is 1. The minimum Gasteiger partial charge on any atom is -0.375 e. The smallest absolute Gasteiger partial charge is 0.169 e. The second-order valence-corrected chi connectivity index (χ2v) is 4.61. The van der Waals surface area contributed by atoms with Crippen molar-refractivity contribution in [3.63, 3.8) is 0 Å². The average Bonchev–Trinajstić information content (AvgIpc) is 2.57. The minimum atomic E-state index is -0.270. The van der Waals surface area contributed by atoms with Gasteiger partial charge in [-0.3, -0.25) is 4.90 Å². The van der Waals surface area contributed by atoms with Crippen molar-refractivity contribution in [2.75, 3.05) is 11.6 Å². The van der Waals surface area contributed by atoms with Gasteiger partial charge < -0.3 is 9.99 Å². The Labute approximate surface area is 137 Å². The molecule has 2 aromatic carbocycles. The summed E-state index contributed by atoms with van der Waals surface area (Å²) >= 11 is 6.05. The van der Waals surface area contributed by atoms with Crippen LogP contribution < -0.4 is 15.7 Å². The Morgan fingerprint density at radius 3 is 2.52 bits per heavy atom. The van der Waals surface area contributed by atoms with Gasteiger partial charge in [-0.1, -0.05) is 23.0 Å². The predicted molar refractivity (Wildman–Crippen MR) is 86.4 cm³/mol. The number of hydrogen-bond donors (Lipinski definition) is 2. The maximum Gasteiger partial charge on any atom is 0.169 e. The van der Waals surface area contributed by atoms with Crippen molar-refractivity contribution in [1.82, 2.24) is 0 Å². The Morgan fingerprint density at radius 2 is 1.96 bits per heavy atom. The second kappa shape index (κ2) is 8.12. The van der Waals surface area contributed by atoms with E-state index in [-0.39, 0.29) is 6.73 Å². The predicted octanol–water partition coefficient (Wildman–Crippen LogP) is 3.29. The van der Waals surface area contributed by atoms with Crippen LogP contribution in [0.2, 0.25) is 5.02 Å². The first kappa shape index (κ1) is 16.7. The van der Waals surface area contributed by atoms with Crippen LogP contribution in [0.25, 0.3) is 0 Å². The summed E-state index contributed by atoms with van der Waals surface area (Å²) in [6.45, 7) is -0.270. The SMILES string of the molecule is C#CN(CO)c1ccc(N=Nc2ccc(OON)cc2Cl)cc1. The molecule has 0 bridgehead atoms. The monoisotopic (exact) mass is 332 g/mol. The fraction of sp³-hybridized carbons (Fsp3) is 0.0667. The van der Waals surface area contributed by atoms with E-state index in [9.17, 15) is 0 Å². The fourth-order valence-electron chi connectivity index (χ4n) is 1.68. The van der Waals surface area contributed by atoms with Gasteiger partial charge in [-0.15, -0.1) is 5.11 Å². The molecular formula is C15H13ClN4O3. The molecule has 0 atom stereocenters. The molecular weight excluding hydrogens is 320 g/mol. The standard InChI is InChI=1S/C15H13ClN4O3/c1-2-20(10-21)12-5-3-11(4-6-12)18-19-15-8-7-13(22-23-17)9-14(15)16/h1,3-9,21H,10,17H2. The van der Waals surface area contributed by atoms with E-state index in [0.717, 1.165) is 0 Å². The molecule has 8 heteroatoms. The summed E-state index contributed by atoms with van der Waals surface area (Å²) in [6.07, 6.45) is 5.27. The first-order valence-corrected chi connectivity index (χ1v) is 6.75. The highest BCUT2D eigenvalue weighted by atomic mass is 35.5. The summed E-state index contributed by atoms with van der Waals surface area (Å²) in [7, 11) is 0. The Balaban J connectivity index is 2.13. The third-order valence-corrected chi connectivity index (χ3v) is 3.10. The molecule has 0 saturated heterocycles. The third-order valence-electron chi connectivity index (χ3n) is 2.80. The molecule has 2 aromatic rings. The van der Waals surface area contributed by atoms with Crippen molar-refractivity contribution < 1.29 is 15.0 Å². The van der Waals surface area contributed by atoms with E-state index in [4.69, 9.17) is 29.0 Å². The highest BCUT2D eigenvalue weighted by Crippen LogP contribution is 2.30. The Bertz CT molecular complexity index is 728. The fourth-order valence-corrected chi connectivity index (χ4v) is 1.89. The molecule has 0 aliphatic heterocycles. The van der Waals surface area contributed by atoms with Gasteiger partial charge in [0, 0.05) is 12.1 Å². The van der Waals surface area contributed by atoms with E-state index in [1.54, 1.807) is 36.4 Å². The van der Waals surface area contributed by atoms with Gasteiger partial charge in [-0.2, -0.15) is 11.0 Å². The van der Waals surface area contributed by atoms with Crippen molar-refractivity contribution in [2.24, 2.45) is 16.1 Å². The summed E-state index contributed by atoms with van der Waals surface area (Å²) in [5.74, 6) is 5.14. The van der Waals surface area contributed by atoms with Gasteiger partial charge in [0.2, 0.25) is 0 Å². The zero-order valence-corrected chi connectivity index (χ0v) is 12.6. The largest absolute Gasteiger partial charge is 0.375 e. The number of terminal acetylenes is 1. The van der Waals surface area contributed by atoms with Crippen LogP contribution >= 0.6 is 11.6 Å². The van der Waals surface area contributed by atoms with Crippen LogP contribution in [-0.2, 0) is 4.99 Å². The summed E-state index contributed by atoms with van der Waals surface area (Å²) in [6, 6.07) is 13.9. The number of rotatable bonds is 6. The molecule has 0 heterocycles. The van der Waals surface area contributed by atoms with Gasteiger partial charge in [0.25, 0.3) is 0 Å². The lowest BCUT2D eigenvalue weighted by molar-refractivity contribution is -0.211. The quantitative estimate of drug-likeness (QED) is 0.211. The Morgan fingerprint density at radius 1 is 1.22 bits per heavy atom. The lowest BCUT2D eigenvalue weighted by Gasteiger charge is -2.13. The number of hydrogen-bond acceptors (Lipinski definition) is 7. The molecule has 0 radical (unpaired) electrons. The van der Waals surface area contributed by atoms with Crippen LogP contribution in [0.1, 0.15) is 0 Å². The van der Waals surface area contributed by atoms with Crippen LogP contribution in [0.15, 0.2) is 52.7 Å². The molecule has 0 fully saturated rings. The van der Waals surface area contributed by atoms with Crippen LogP contribution in [0, 0.1) is 12.5 Å².